The van der Waals surface area contributed by atoms with Crippen LogP contribution >= 0.6 is 0 Å². The van der Waals surface area contributed by atoms with Crippen LogP contribution in [-0.2, 0) is 40.1 Å². The molecule has 6 rings (SSSR count). The van der Waals surface area contributed by atoms with Gasteiger partial charge in [-0.15, -0.1) is 0 Å². The lowest BCUT2D eigenvalue weighted by molar-refractivity contribution is -0.438. The van der Waals surface area contributed by atoms with Crippen LogP contribution in [0.1, 0.15) is 91.2 Å². The van der Waals surface area contributed by atoms with E-state index in [0.717, 1.165) is 37.2 Å². The molecular weight excluding hydrogens is 837 g/mol. The Bertz CT molecular complexity index is 2670. The van der Waals surface area contributed by atoms with E-state index >= 15 is 0 Å². The number of carbonyl (C=O) groups excluding carboxylic acids is 3. The molecule has 0 aromatic heterocycles. The van der Waals surface area contributed by atoms with Gasteiger partial charge >= 0.3 is 5.97 Å². The number of carbonyl (C=O) groups is 3. The van der Waals surface area contributed by atoms with E-state index in [1.165, 1.54) is 57.9 Å². The lowest BCUT2D eigenvalue weighted by Crippen LogP contribution is -2.39. The fourth-order valence-corrected chi connectivity index (χ4v) is 9.95. The Kier molecular flexibility index (Phi) is 16.2. The molecule has 2 aliphatic heterocycles. The number of hydrogen-bond donors (Lipinski definition) is 2. The van der Waals surface area contributed by atoms with Crippen molar-refractivity contribution in [2.75, 3.05) is 43.4 Å². The summed E-state index contributed by atoms with van der Waals surface area (Å²) in [5.41, 5.74) is 6.64. The van der Waals surface area contributed by atoms with Crippen molar-refractivity contribution < 1.29 is 36.7 Å². The molecule has 1 unspecified atom stereocenters. The number of hydrogen-bond acceptors (Lipinski definition) is 9. The van der Waals surface area contributed by atoms with Crippen LogP contribution in [0.5, 0.6) is 0 Å². The Balaban J connectivity index is 1.10. The second kappa shape index (κ2) is 21.5. The van der Waals surface area contributed by atoms with Gasteiger partial charge in [0, 0.05) is 79.7 Å². The van der Waals surface area contributed by atoms with Gasteiger partial charge in [0.1, 0.15) is 12.3 Å². The van der Waals surface area contributed by atoms with Gasteiger partial charge in [0.25, 0.3) is 5.91 Å². The minimum Gasteiger partial charge on any atom is -0.748 e. The zero-order chi connectivity index (χ0) is 46.8. The summed E-state index contributed by atoms with van der Waals surface area (Å²) in [6.45, 7) is 14.3. The number of nitrogens with one attached hydrogen (secondary N) is 2. The SMILES string of the molecule is CC(=O)OC(C)C(=O)NCCNCC(=O)CCCCCN1\C(=C/C=C/C=C/C=C/C2=[N+](CCCCS(=O)(=O)[O-])c3ccc4ccccc4c3C2(C)C)C(C)(C)c2c1ccc1ccccc21. The average Bonchev–Trinajstić information content (AvgIpc) is 3.61. The Labute approximate surface area is 384 Å². The highest BCUT2D eigenvalue weighted by Crippen LogP contribution is 2.51. The van der Waals surface area contributed by atoms with Crippen molar-refractivity contribution >= 4 is 66.4 Å². The molecule has 12 heteroatoms. The van der Waals surface area contributed by atoms with E-state index in [4.69, 9.17) is 4.74 Å². The van der Waals surface area contributed by atoms with Crippen LogP contribution in [0, 0.1) is 0 Å². The van der Waals surface area contributed by atoms with Gasteiger partial charge in [-0.3, -0.25) is 14.4 Å². The quantitative estimate of drug-likeness (QED) is 0.0260. The zero-order valence-electron chi connectivity index (χ0n) is 38.7. The van der Waals surface area contributed by atoms with Crippen LogP contribution in [0.25, 0.3) is 21.5 Å². The fourth-order valence-electron chi connectivity index (χ4n) is 9.39. The number of nitrogens with zero attached hydrogens (tertiary/aromatic N) is 2. The summed E-state index contributed by atoms with van der Waals surface area (Å²) in [5.74, 6) is -1.11. The monoisotopic (exact) mass is 900 g/mol. The third-order valence-corrected chi connectivity index (χ3v) is 13.2. The number of fused-ring (bicyclic) bond motifs is 6. The van der Waals surface area contributed by atoms with Gasteiger partial charge in [0.2, 0.25) is 5.69 Å². The molecule has 0 spiro atoms. The first kappa shape index (κ1) is 48.8. The first-order valence-electron chi connectivity index (χ1n) is 22.8. The molecular formula is C53H64N4O7S. The van der Waals surface area contributed by atoms with Crippen molar-refractivity contribution in [3.63, 3.8) is 0 Å². The molecule has 0 radical (unpaired) electrons. The van der Waals surface area contributed by atoms with Crippen LogP contribution in [-0.4, -0.2) is 85.5 Å². The van der Waals surface area contributed by atoms with Gasteiger partial charge in [-0.2, -0.15) is 4.58 Å². The second-order valence-electron chi connectivity index (χ2n) is 18.0. The van der Waals surface area contributed by atoms with Gasteiger partial charge < -0.3 is 24.8 Å². The first-order chi connectivity index (χ1) is 31.0. The summed E-state index contributed by atoms with van der Waals surface area (Å²) in [5, 5.41) is 10.6. The predicted molar refractivity (Wildman–Crippen MR) is 261 cm³/mol. The Morgan fingerprint density at radius 1 is 0.785 bits per heavy atom. The molecule has 0 saturated heterocycles. The number of ketones is 1. The van der Waals surface area contributed by atoms with E-state index < -0.39 is 22.2 Å². The summed E-state index contributed by atoms with van der Waals surface area (Å²) >= 11 is 0. The lowest BCUT2D eigenvalue weighted by atomic mass is 9.79. The number of rotatable bonds is 22. The summed E-state index contributed by atoms with van der Waals surface area (Å²) < 4.78 is 41.2. The van der Waals surface area contributed by atoms with E-state index in [-0.39, 0.29) is 34.8 Å². The number of ether oxygens (including phenoxy) is 1. The Hall–Kier alpha value is -5.69. The van der Waals surface area contributed by atoms with Crippen LogP contribution in [0.3, 0.4) is 0 Å². The molecule has 1 amide bonds. The smallest absolute Gasteiger partial charge is 0.303 e. The van der Waals surface area contributed by atoms with E-state index in [2.05, 4.69) is 145 Å². The van der Waals surface area contributed by atoms with Crippen molar-refractivity contribution in [2.24, 2.45) is 0 Å². The predicted octanol–water partition coefficient (Wildman–Crippen LogP) is 8.83. The van der Waals surface area contributed by atoms with Crippen LogP contribution < -0.4 is 15.5 Å². The largest absolute Gasteiger partial charge is 0.748 e. The molecule has 4 aromatic rings. The average molecular weight is 901 g/mol. The number of benzene rings is 4. The van der Waals surface area contributed by atoms with Gasteiger partial charge in [0.05, 0.1) is 22.1 Å². The third-order valence-electron chi connectivity index (χ3n) is 12.5. The third kappa shape index (κ3) is 12.0. The standard InChI is InChI=1S/C53H64N4O7S/c1-38(64-39(2)58)51(60)55-33-32-54-37-42(59)23-11-10-18-34-56-45-30-28-40-21-14-16-24-43(40)49(45)52(3,4)47(56)26-12-8-7-9-13-27-48-53(5,6)50-44-25-17-15-22-41(44)29-31-46(50)57(48)35-19-20-36-65(61,62)63/h7-9,12-17,21-22,24-31,38,54H,10-11,18-20,23,32-37H2,1-6H3,(H-,55,60,61,62,63). The van der Waals surface area contributed by atoms with Crippen molar-refractivity contribution in [3.8, 4) is 0 Å². The topological polar surface area (TPSA) is 148 Å². The van der Waals surface area contributed by atoms with E-state index in [9.17, 15) is 27.4 Å². The van der Waals surface area contributed by atoms with Gasteiger partial charge in [-0.05, 0) is 85.4 Å². The number of allylic oxidation sites excluding steroid dienone is 8. The zero-order valence-corrected chi connectivity index (χ0v) is 39.5. The highest BCUT2D eigenvalue weighted by Gasteiger charge is 2.45. The molecule has 0 bridgehead atoms. The van der Waals surface area contributed by atoms with Gasteiger partial charge in [-0.1, -0.05) is 105 Å². The van der Waals surface area contributed by atoms with Crippen molar-refractivity contribution in [3.05, 3.63) is 132 Å². The van der Waals surface area contributed by atoms with Crippen molar-refractivity contribution in [1.29, 1.82) is 0 Å². The van der Waals surface area contributed by atoms with E-state index in [0.29, 0.717) is 38.9 Å². The van der Waals surface area contributed by atoms with Gasteiger partial charge in [-0.25, -0.2) is 8.42 Å². The molecule has 1 atom stereocenters. The lowest BCUT2D eigenvalue weighted by Gasteiger charge is -2.27. The highest BCUT2D eigenvalue weighted by atomic mass is 32.2. The normalized spacial score (nSPS) is 16.7. The number of unbranched alkanes of at least 4 members (excludes halogenated alkanes) is 3. The minimum atomic E-state index is -4.27. The summed E-state index contributed by atoms with van der Waals surface area (Å²) in [6.07, 6.45) is 17.8. The van der Waals surface area contributed by atoms with Crippen LogP contribution in [0.2, 0.25) is 0 Å². The number of Topliss-reactive ketones (excluding diaryl/α,β-unsaturated/α-hetero) is 1. The summed E-state index contributed by atoms with van der Waals surface area (Å²) in [6, 6.07) is 25.7. The molecule has 0 aliphatic carbocycles. The first-order valence-corrected chi connectivity index (χ1v) is 24.4. The summed E-state index contributed by atoms with van der Waals surface area (Å²) in [4.78, 5) is 38.1. The highest BCUT2D eigenvalue weighted by molar-refractivity contribution is 7.85. The Morgan fingerprint density at radius 3 is 2.15 bits per heavy atom. The van der Waals surface area contributed by atoms with Gasteiger partial charge in [0.15, 0.2) is 11.8 Å². The number of esters is 1. The fraction of sp³-hybridized carbons (Fsp3) is 0.396. The van der Waals surface area contributed by atoms with Crippen LogP contribution in [0.4, 0.5) is 11.4 Å². The molecule has 65 heavy (non-hydrogen) atoms. The number of amides is 1. The molecule has 2 N–H and O–H groups in total. The minimum absolute atomic E-state index is 0.130. The maximum Gasteiger partial charge on any atom is 0.303 e. The van der Waals surface area contributed by atoms with E-state index in [1.807, 2.05) is 18.2 Å². The molecule has 2 heterocycles. The molecule has 0 fully saturated rings. The molecule has 2 aliphatic rings. The van der Waals surface area contributed by atoms with E-state index in [1.54, 1.807) is 0 Å². The molecule has 344 valence electrons. The maximum absolute atomic E-state index is 12.6. The second-order valence-corrected chi connectivity index (χ2v) is 19.5. The Morgan fingerprint density at radius 2 is 1.45 bits per heavy atom. The summed E-state index contributed by atoms with van der Waals surface area (Å²) in [7, 11) is -4.27. The molecule has 4 aromatic carbocycles. The maximum atomic E-state index is 12.6. The van der Waals surface area contributed by atoms with Crippen molar-refractivity contribution in [2.45, 2.75) is 97.0 Å². The molecule has 0 saturated carbocycles. The molecule has 11 nitrogen and oxygen atoms in total. The van der Waals surface area contributed by atoms with Crippen LogP contribution in [0.15, 0.2) is 121 Å². The number of anilines is 1. The van der Waals surface area contributed by atoms with Crippen molar-refractivity contribution in [1.82, 2.24) is 10.6 Å².